The first-order chi connectivity index (χ1) is 9.51. The Labute approximate surface area is 120 Å². The number of piperidine rings is 1. The molecule has 114 valence electrons. The molecule has 0 aromatic carbocycles. The fourth-order valence-electron chi connectivity index (χ4n) is 3.13. The third-order valence-corrected chi connectivity index (χ3v) is 4.48. The highest BCUT2D eigenvalue weighted by Gasteiger charge is 2.37. The summed E-state index contributed by atoms with van der Waals surface area (Å²) in [7, 11) is 0. The van der Waals surface area contributed by atoms with E-state index in [1.54, 1.807) is 0 Å². The quantitative estimate of drug-likeness (QED) is 0.724. The van der Waals surface area contributed by atoms with E-state index in [9.17, 15) is 9.59 Å². The maximum atomic E-state index is 12.7. The Hall–Kier alpha value is -1.14. The molecule has 2 amide bonds. The number of carbonyl (C=O) groups excluding carboxylic acids is 2. The van der Waals surface area contributed by atoms with Crippen LogP contribution in [-0.2, 0) is 9.59 Å². The van der Waals surface area contributed by atoms with E-state index >= 15 is 0 Å². The Bertz CT molecular complexity index is 366. The summed E-state index contributed by atoms with van der Waals surface area (Å²) in [5.41, 5.74) is 5.02. The second kappa shape index (κ2) is 6.54. The normalized spacial score (nSPS) is 24.1. The van der Waals surface area contributed by atoms with Crippen molar-refractivity contribution in [3.05, 3.63) is 0 Å². The smallest absolute Gasteiger partial charge is 0.231 e. The molecule has 0 unspecified atom stereocenters. The summed E-state index contributed by atoms with van der Waals surface area (Å²) in [5, 5.41) is 3.31. The van der Waals surface area contributed by atoms with E-state index in [-0.39, 0.29) is 17.2 Å². The maximum absolute atomic E-state index is 12.7. The largest absolute Gasteiger partial charge is 0.369 e. The van der Waals surface area contributed by atoms with E-state index in [1.165, 1.54) is 0 Å². The Balaban J connectivity index is 1.92. The third-order valence-electron chi connectivity index (χ3n) is 4.48. The number of rotatable bonds is 3. The SMILES string of the molecule is CC1(C(=O)N2CCCN(CC(N)=O)CC2)CCNCC1. The van der Waals surface area contributed by atoms with Crippen LogP contribution < -0.4 is 11.1 Å². The molecule has 0 atom stereocenters. The molecule has 0 saturated carbocycles. The van der Waals surface area contributed by atoms with Gasteiger partial charge in [0, 0.05) is 31.6 Å². The minimum Gasteiger partial charge on any atom is -0.369 e. The van der Waals surface area contributed by atoms with Gasteiger partial charge in [-0.2, -0.15) is 0 Å². The van der Waals surface area contributed by atoms with E-state index in [4.69, 9.17) is 5.73 Å². The molecule has 0 radical (unpaired) electrons. The average molecular weight is 282 g/mol. The van der Waals surface area contributed by atoms with Crippen LogP contribution in [0.4, 0.5) is 0 Å². The Kier molecular flexibility index (Phi) is 4.99. The summed E-state index contributed by atoms with van der Waals surface area (Å²) in [5.74, 6) is -0.0185. The van der Waals surface area contributed by atoms with Crippen molar-refractivity contribution in [2.75, 3.05) is 45.8 Å². The zero-order valence-electron chi connectivity index (χ0n) is 12.4. The summed E-state index contributed by atoms with van der Waals surface area (Å²) >= 11 is 0. The number of nitrogens with one attached hydrogen (secondary N) is 1. The minimum atomic E-state index is -0.296. The molecule has 0 bridgehead atoms. The molecular weight excluding hydrogens is 256 g/mol. The first kappa shape index (κ1) is 15.3. The monoisotopic (exact) mass is 282 g/mol. The molecule has 6 nitrogen and oxygen atoms in total. The summed E-state index contributed by atoms with van der Waals surface area (Å²) in [6.07, 6.45) is 2.73. The van der Waals surface area contributed by atoms with Crippen LogP contribution in [0.3, 0.4) is 0 Å². The third kappa shape index (κ3) is 3.70. The standard InChI is InChI=1S/C14H26N4O2/c1-14(3-5-16-6-4-14)13(20)18-8-2-7-17(9-10-18)11-12(15)19/h16H,2-11H2,1H3,(H2,15,19). The Morgan fingerprint density at radius 3 is 2.50 bits per heavy atom. The van der Waals surface area contributed by atoms with Crippen LogP contribution >= 0.6 is 0 Å². The maximum Gasteiger partial charge on any atom is 0.231 e. The van der Waals surface area contributed by atoms with Gasteiger partial charge in [0.2, 0.25) is 11.8 Å². The lowest BCUT2D eigenvalue weighted by Crippen LogP contribution is -2.48. The molecule has 2 saturated heterocycles. The van der Waals surface area contributed by atoms with Crippen molar-refractivity contribution in [2.45, 2.75) is 26.2 Å². The molecule has 20 heavy (non-hydrogen) atoms. The predicted octanol–water partition coefficient (Wildman–Crippen LogP) is -0.604. The lowest BCUT2D eigenvalue weighted by molar-refractivity contribution is -0.142. The topological polar surface area (TPSA) is 78.7 Å². The molecule has 0 spiro atoms. The Morgan fingerprint density at radius 2 is 1.85 bits per heavy atom. The molecule has 2 aliphatic rings. The van der Waals surface area contributed by atoms with Crippen molar-refractivity contribution in [3.8, 4) is 0 Å². The van der Waals surface area contributed by atoms with Gasteiger partial charge in [0.15, 0.2) is 0 Å². The zero-order valence-corrected chi connectivity index (χ0v) is 12.4. The number of amides is 2. The van der Waals surface area contributed by atoms with Gasteiger partial charge < -0.3 is 16.0 Å². The van der Waals surface area contributed by atoms with E-state index < -0.39 is 0 Å². The predicted molar refractivity (Wildman–Crippen MR) is 77.0 cm³/mol. The van der Waals surface area contributed by atoms with Gasteiger partial charge in [-0.3, -0.25) is 14.5 Å². The molecule has 0 aromatic rings. The number of primary amides is 1. The van der Waals surface area contributed by atoms with E-state index in [0.29, 0.717) is 13.1 Å². The van der Waals surface area contributed by atoms with Gasteiger partial charge in [-0.25, -0.2) is 0 Å². The Morgan fingerprint density at radius 1 is 1.15 bits per heavy atom. The van der Waals surface area contributed by atoms with Crippen molar-refractivity contribution < 1.29 is 9.59 Å². The summed E-state index contributed by atoms with van der Waals surface area (Å²) in [6.45, 7) is 7.29. The van der Waals surface area contributed by atoms with Gasteiger partial charge in [0.25, 0.3) is 0 Å². The van der Waals surface area contributed by atoms with Gasteiger partial charge in [-0.05, 0) is 32.4 Å². The highest BCUT2D eigenvalue weighted by molar-refractivity contribution is 5.82. The molecule has 2 heterocycles. The van der Waals surface area contributed by atoms with Crippen LogP contribution in [0.25, 0.3) is 0 Å². The number of hydrogen-bond acceptors (Lipinski definition) is 4. The highest BCUT2D eigenvalue weighted by Crippen LogP contribution is 2.30. The first-order valence-corrected chi connectivity index (χ1v) is 7.52. The lowest BCUT2D eigenvalue weighted by atomic mass is 9.79. The molecule has 2 aliphatic heterocycles. The fraction of sp³-hybridized carbons (Fsp3) is 0.857. The van der Waals surface area contributed by atoms with Crippen LogP contribution in [0.1, 0.15) is 26.2 Å². The second-order valence-corrected chi connectivity index (χ2v) is 6.20. The van der Waals surface area contributed by atoms with Crippen molar-refractivity contribution in [2.24, 2.45) is 11.1 Å². The fourth-order valence-corrected chi connectivity index (χ4v) is 3.13. The number of hydrogen-bond donors (Lipinski definition) is 2. The van der Waals surface area contributed by atoms with Crippen LogP contribution in [0, 0.1) is 5.41 Å². The molecular formula is C14H26N4O2. The highest BCUT2D eigenvalue weighted by atomic mass is 16.2. The average Bonchev–Trinajstić information content (AvgIpc) is 2.63. The molecule has 3 N–H and O–H groups in total. The summed E-state index contributed by atoms with van der Waals surface area (Å²) < 4.78 is 0. The number of nitrogens with two attached hydrogens (primary N) is 1. The summed E-state index contributed by atoms with van der Waals surface area (Å²) in [6, 6.07) is 0. The van der Waals surface area contributed by atoms with Gasteiger partial charge in [-0.15, -0.1) is 0 Å². The number of carbonyl (C=O) groups is 2. The van der Waals surface area contributed by atoms with Crippen LogP contribution in [-0.4, -0.2) is 67.4 Å². The van der Waals surface area contributed by atoms with Crippen LogP contribution in [0.5, 0.6) is 0 Å². The van der Waals surface area contributed by atoms with Crippen molar-refractivity contribution in [1.29, 1.82) is 0 Å². The van der Waals surface area contributed by atoms with E-state index in [2.05, 4.69) is 12.2 Å². The van der Waals surface area contributed by atoms with Crippen LogP contribution in [0.2, 0.25) is 0 Å². The van der Waals surface area contributed by atoms with Crippen molar-refractivity contribution >= 4 is 11.8 Å². The molecule has 6 heteroatoms. The van der Waals surface area contributed by atoms with Gasteiger partial charge in [-0.1, -0.05) is 6.92 Å². The van der Waals surface area contributed by atoms with Gasteiger partial charge >= 0.3 is 0 Å². The molecule has 0 aliphatic carbocycles. The van der Waals surface area contributed by atoms with E-state index in [1.807, 2.05) is 9.80 Å². The van der Waals surface area contributed by atoms with Gasteiger partial charge in [0.1, 0.15) is 0 Å². The van der Waals surface area contributed by atoms with Crippen LogP contribution in [0.15, 0.2) is 0 Å². The summed E-state index contributed by atoms with van der Waals surface area (Å²) in [4.78, 5) is 27.8. The van der Waals surface area contributed by atoms with Gasteiger partial charge in [0.05, 0.1) is 6.54 Å². The molecule has 2 fully saturated rings. The molecule has 0 aromatic heterocycles. The van der Waals surface area contributed by atoms with Crippen molar-refractivity contribution in [3.63, 3.8) is 0 Å². The first-order valence-electron chi connectivity index (χ1n) is 7.52. The number of nitrogens with zero attached hydrogens (tertiary/aromatic N) is 2. The lowest BCUT2D eigenvalue weighted by Gasteiger charge is -2.37. The van der Waals surface area contributed by atoms with Crippen molar-refractivity contribution in [1.82, 2.24) is 15.1 Å². The molecule has 2 rings (SSSR count). The van der Waals surface area contributed by atoms with E-state index in [0.717, 1.165) is 52.0 Å². The zero-order chi connectivity index (χ0) is 14.6. The minimum absolute atomic E-state index is 0.218. The second-order valence-electron chi connectivity index (χ2n) is 6.20.